The Morgan fingerprint density at radius 3 is 2.02 bits per heavy atom. The number of halogens is 1. The number of hydrogen-bond donors (Lipinski definition) is 0. The van der Waals surface area contributed by atoms with E-state index in [0.29, 0.717) is 26.4 Å². The van der Waals surface area contributed by atoms with Crippen LogP contribution in [0.2, 0.25) is 5.02 Å². The molecule has 0 N–H and O–H groups in total. The molecule has 1 aliphatic rings. The molecule has 5 rings (SSSR count). The average molecular weight is 553 g/mol. The van der Waals surface area contributed by atoms with Crippen molar-refractivity contribution < 1.29 is 14.2 Å². The molecule has 0 bridgehead atoms. The molecule has 0 aliphatic heterocycles. The zero-order chi connectivity index (χ0) is 27.6. The first kappa shape index (κ1) is 28.2. The summed E-state index contributed by atoms with van der Waals surface area (Å²) in [5, 5.41) is 0.732. The highest BCUT2D eigenvalue weighted by Crippen LogP contribution is 2.39. The van der Waals surface area contributed by atoms with Gasteiger partial charge in [0.05, 0.1) is 32.5 Å². The number of ether oxygens (including phenoxy) is 3. The van der Waals surface area contributed by atoms with Crippen molar-refractivity contribution in [1.82, 2.24) is 0 Å². The highest BCUT2D eigenvalue weighted by Gasteiger charge is 2.34. The van der Waals surface area contributed by atoms with Crippen molar-refractivity contribution in [1.29, 1.82) is 0 Å². The normalized spacial score (nSPS) is 18.8. The minimum Gasteiger partial charge on any atom is -0.494 e. The summed E-state index contributed by atoms with van der Waals surface area (Å²) in [4.78, 5) is 0. The Kier molecular flexibility index (Phi) is 10.1. The van der Waals surface area contributed by atoms with Gasteiger partial charge in [0.1, 0.15) is 5.75 Å². The minimum absolute atomic E-state index is 0.0571. The maximum Gasteiger partial charge on any atom is 0.119 e. The Balaban J connectivity index is 1.41. The minimum atomic E-state index is -0.0571. The summed E-state index contributed by atoms with van der Waals surface area (Å²) in [6.07, 6.45) is 4.21. The Hall–Kier alpha value is -3.37. The van der Waals surface area contributed by atoms with E-state index in [1.165, 1.54) is 22.3 Å². The lowest BCUT2D eigenvalue weighted by Crippen LogP contribution is -2.34. The maximum atomic E-state index is 6.77. The fourth-order valence-electron chi connectivity index (χ4n) is 5.47. The van der Waals surface area contributed by atoms with E-state index in [4.69, 9.17) is 25.8 Å². The molecule has 3 atom stereocenters. The van der Waals surface area contributed by atoms with Crippen LogP contribution in [0.25, 0.3) is 5.57 Å². The lowest BCUT2D eigenvalue weighted by Gasteiger charge is -2.37. The average Bonchev–Trinajstić information content (AvgIpc) is 2.99. The van der Waals surface area contributed by atoms with Crippen molar-refractivity contribution in [3.63, 3.8) is 0 Å². The molecule has 0 radical (unpaired) electrons. The van der Waals surface area contributed by atoms with E-state index >= 15 is 0 Å². The topological polar surface area (TPSA) is 27.7 Å². The molecule has 1 aliphatic carbocycles. The third-order valence-corrected chi connectivity index (χ3v) is 7.63. The number of rotatable bonds is 12. The van der Waals surface area contributed by atoms with E-state index in [2.05, 4.69) is 91.0 Å². The molecule has 206 valence electrons. The van der Waals surface area contributed by atoms with Gasteiger partial charge in [0.25, 0.3) is 0 Å². The number of benzene rings is 4. The molecule has 3 nitrogen and oxygen atoms in total. The van der Waals surface area contributed by atoms with Gasteiger partial charge in [-0.1, -0.05) is 103 Å². The molecular formula is C36H37ClO3. The fourth-order valence-corrected chi connectivity index (χ4v) is 5.60. The van der Waals surface area contributed by atoms with Gasteiger partial charge in [-0.25, -0.2) is 0 Å². The van der Waals surface area contributed by atoms with Gasteiger partial charge in [-0.05, 0) is 77.8 Å². The summed E-state index contributed by atoms with van der Waals surface area (Å²) in [6, 6.07) is 37.4. The van der Waals surface area contributed by atoms with E-state index in [9.17, 15) is 0 Å². The van der Waals surface area contributed by atoms with Gasteiger partial charge in [0, 0.05) is 10.9 Å². The molecule has 0 aromatic heterocycles. The molecule has 0 saturated carbocycles. The molecule has 40 heavy (non-hydrogen) atoms. The Labute approximate surface area is 243 Å². The van der Waals surface area contributed by atoms with Crippen LogP contribution in [0.4, 0.5) is 0 Å². The van der Waals surface area contributed by atoms with Crippen molar-refractivity contribution in [2.45, 2.75) is 39.1 Å². The molecule has 0 fully saturated rings. The van der Waals surface area contributed by atoms with Crippen molar-refractivity contribution in [2.24, 2.45) is 11.8 Å². The molecule has 0 heterocycles. The quantitative estimate of drug-likeness (QED) is 0.176. The van der Waals surface area contributed by atoms with Crippen LogP contribution in [0.15, 0.2) is 115 Å². The van der Waals surface area contributed by atoms with Gasteiger partial charge in [0.2, 0.25) is 0 Å². The highest BCUT2D eigenvalue weighted by molar-refractivity contribution is 6.30. The van der Waals surface area contributed by atoms with Crippen molar-refractivity contribution in [3.05, 3.63) is 143 Å². The van der Waals surface area contributed by atoms with Gasteiger partial charge in [-0.3, -0.25) is 0 Å². The number of hydrogen-bond acceptors (Lipinski definition) is 3. The molecular weight excluding hydrogens is 516 g/mol. The standard InChI is InChI=1S/C36H37ClO3/c1-2-39-34-19-13-27(14-20-34)21-32-22-30(25-38-24-28-9-5-3-6-10-28)23-35(31-15-17-33(37)18-16-31)36(32)40-26-29-11-7-4-8-12-29/h3-20,23,30,32,36H,2,21-22,24-26H2,1H3. The largest absolute Gasteiger partial charge is 0.494 e. The van der Waals surface area contributed by atoms with Crippen LogP contribution in [0.1, 0.15) is 35.6 Å². The van der Waals surface area contributed by atoms with Crippen LogP contribution in [-0.2, 0) is 29.1 Å². The van der Waals surface area contributed by atoms with E-state index in [-0.39, 0.29) is 17.9 Å². The first-order chi connectivity index (χ1) is 19.7. The lowest BCUT2D eigenvalue weighted by molar-refractivity contribution is 0.0179. The molecule has 0 saturated heterocycles. The van der Waals surface area contributed by atoms with E-state index in [1.807, 2.05) is 31.2 Å². The molecule has 4 heteroatoms. The van der Waals surface area contributed by atoms with E-state index < -0.39 is 0 Å². The Morgan fingerprint density at radius 1 is 0.725 bits per heavy atom. The summed E-state index contributed by atoms with van der Waals surface area (Å²) < 4.78 is 18.7. The molecule has 4 aromatic rings. The van der Waals surface area contributed by atoms with E-state index in [1.54, 1.807) is 0 Å². The van der Waals surface area contributed by atoms with Crippen molar-refractivity contribution >= 4 is 17.2 Å². The second-order valence-corrected chi connectivity index (χ2v) is 10.8. The zero-order valence-corrected chi connectivity index (χ0v) is 23.8. The lowest BCUT2D eigenvalue weighted by atomic mass is 9.75. The molecule has 4 aromatic carbocycles. The van der Waals surface area contributed by atoms with Crippen LogP contribution >= 0.6 is 11.6 Å². The third kappa shape index (κ3) is 7.85. The second-order valence-electron chi connectivity index (χ2n) is 10.4. The Bertz CT molecular complexity index is 1330. The highest BCUT2D eigenvalue weighted by atomic mass is 35.5. The van der Waals surface area contributed by atoms with E-state index in [0.717, 1.165) is 29.2 Å². The summed E-state index contributed by atoms with van der Waals surface area (Å²) in [5.41, 5.74) is 6.00. The predicted molar refractivity (Wildman–Crippen MR) is 163 cm³/mol. The van der Waals surface area contributed by atoms with Crippen molar-refractivity contribution in [3.8, 4) is 5.75 Å². The molecule has 3 unspecified atom stereocenters. The predicted octanol–water partition coefficient (Wildman–Crippen LogP) is 8.80. The third-order valence-electron chi connectivity index (χ3n) is 7.38. The Morgan fingerprint density at radius 2 is 1.38 bits per heavy atom. The van der Waals surface area contributed by atoms with Crippen LogP contribution < -0.4 is 4.74 Å². The SMILES string of the molecule is CCOc1ccc(CC2CC(COCc3ccccc3)C=C(c3ccc(Cl)cc3)C2OCc2ccccc2)cc1. The maximum absolute atomic E-state index is 6.77. The first-order valence-corrected chi connectivity index (χ1v) is 14.5. The summed E-state index contributed by atoms with van der Waals surface area (Å²) in [6.45, 7) is 4.51. The molecule has 0 spiro atoms. The monoisotopic (exact) mass is 552 g/mol. The van der Waals surface area contributed by atoms with Gasteiger partial charge in [-0.15, -0.1) is 0 Å². The first-order valence-electron chi connectivity index (χ1n) is 14.1. The summed E-state index contributed by atoms with van der Waals surface area (Å²) in [7, 11) is 0. The van der Waals surface area contributed by atoms with Crippen molar-refractivity contribution in [2.75, 3.05) is 13.2 Å². The second kappa shape index (κ2) is 14.3. The van der Waals surface area contributed by atoms with Gasteiger partial charge in [-0.2, -0.15) is 0 Å². The smallest absolute Gasteiger partial charge is 0.119 e. The van der Waals surface area contributed by atoms with Gasteiger partial charge in [0.15, 0.2) is 0 Å². The summed E-state index contributed by atoms with van der Waals surface area (Å²) in [5.74, 6) is 1.46. The van der Waals surface area contributed by atoms with Crippen LogP contribution in [0.5, 0.6) is 5.75 Å². The van der Waals surface area contributed by atoms with Gasteiger partial charge >= 0.3 is 0 Å². The summed E-state index contributed by atoms with van der Waals surface area (Å²) >= 11 is 6.27. The van der Waals surface area contributed by atoms with Crippen LogP contribution in [-0.4, -0.2) is 19.3 Å². The van der Waals surface area contributed by atoms with Crippen LogP contribution in [0, 0.1) is 11.8 Å². The fraction of sp³-hybridized carbons (Fsp3) is 0.278. The molecule has 0 amide bonds. The zero-order valence-electron chi connectivity index (χ0n) is 23.0. The van der Waals surface area contributed by atoms with Gasteiger partial charge < -0.3 is 14.2 Å². The van der Waals surface area contributed by atoms with Crippen LogP contribution in [0.3, 0.4) is 0 Å².